The van der Waals surface area contributed by atoms with Crippen LogP contribution in [0.25, 0.3) is 0 Å². The molecule has 0 saturated carbocycles. The van der Waals surface area contributed by atoms with Crippen molar-refractivity contribution in [1.82, 2.24) is 15.5 Å². The van der Waals surface area contributed by atoms with E-state index in [1.807, 2.05) is 6.92 Å². The second-order valence-corrected chi connectivity index (χ2v) is 5.17. The fraction of sp³-hybridized carbons (Fsp3) is 0.214. The van der Waals surface area contributed by atoms with Gasteiger partial charge in [0.1, 0.15) is 11.6 Å². The maximum absolute atomic E-state index is 13.6. The van der Waals surface area contributed by atoms with Crippen molar-refractivity contribution in [2.75, 3.05) is 11.9 Å². The Bertz CT molecular complexity index is 633. The molecular formula is C14H14BrFN4O. The number of nitrogens with zero attached hydrogens (tertiary/aromatic N) is 2. The molecule has 0 saturated heterocycles. The SMILES string of the molecule is CCNC(=O)c1ccc(NCc2cc(Br)ccc2F)nn1. The van der Waals surface area contributed by atoms with E-state index in [-0.39, 0.29) is 24.0 Å². The summed E-state index contributed by atoms with van der Waals surface area (Å²) in [5.41, 5.74) is 0.759. The third-order valence-corrected chi connectivity index (χ3v) is 3.20. The van der Waals surface area contributed by atoms with Crippen LogP contribution in [0.2, 0.25) is 0 Å². The molecule has 2 N–H and O–H groups in total. The molecule has 0 aliphatic carbocycles. The van der Waals surface area contributed by atoms with E-state index in [4.69, 9.17) is 0 Å². The molecule has 2 aromatic rings. The molecule has 0 aliphatic heterocycles. The Kier molecular flexibility index (Phi) is 5.21. The van der Waals surface area contributed by atoms with Crippen molar-refractivity contribution in [3.8, 4) is 0 Å². The van der Waals surface area contributed by atoms with Crippen LogP contribution in [0.1, 0.15) is 23.0 Å². The molecule has 1 amide bonds. The maximum Gasteiger partial charge on any atom is 0.271 e. The predicted molar refractivity (Wildman–Crippen MR) is 81.5 cm³/mol. The number of aromatic nitrogens is 2. The summed E-state index contributed by atoms with van der Waals surface area (Å²) >= 11 is 3.30. The molecule has 0 fully saturated rings. The van der Waals surface area contributed by atoms with Gasteiger partial charge in [-0.05, 0) is 37.3 Å². The Labute approximate surface area is 130 Å². The highest BCUT2D eigenvalue weighted by atomic mass is 79.9. The number of halogens is 2. The zero-order valence-electron chi connectivity index (χ0n) is 11.4. The average molecular weight is 353 g/mol. The number of carbonyl (C=O) groups is 1. The smallest absolute Gasteiger partial charge is 0.271 e. The molecule has 0 unspecified atom stereocenters. The van der Waals surface area contributed by atoms with Gasteiger partial charge in [-0.3, -0.25) is 4.79 Å². The number of amides is 1. The van der Waals surface area contributed by atoms with E-state index >= 15 is 0 Å². The average Bonchev–Trinajstić information content (AvgIpc) is 2.49. The summed E-state index contributed by atoms with van der Waals surface area (Å²) in [6.45, 7) is 2.64. The minimum atomic E-state index is -0.294. The van der Waals surface area contributed by atoms with Crippen molar-refractivity contribution < 1.29 is 9.18 Å². The summed E-state index contributed by atoms with van der Waals surface area (Å²) in [6.07, 6.45) is 0. The molecular weight excluding hydrogens is 339 g/mol. The molecule has 0 spiro atoms. The lowest BCUT2D eigenvalue weighted by atomic mass is 10.2. The lowest BCUT2D eigenvalue weighted by Gasteiger charge is -2.07. The quantitative estimate of drug-likeness (QED) is 0.868. The van der Waals surface area contributed by atoms with Gasteiger partial charge in [-0.1, -0.05) is 15.9 Å². The monoisotopic (exact) mass is 352 g/mol. The Hall–Kier alpha value is -2.02. The van der Waals surface area contributed by atoms with Crippen molar-refractivity contribution in [2.24, 2.45) is 0 Å². The van der Waals surface area contributed by atoms with Gasteiger partial charge in [0, 0.05) is 23.1 Å². The van der Waals surface area contributed by atoms with Crippen LogP contribution >= 0.6 is 15.9 Å². The standard InChI is InChI=1S/C14H14BrFN4O/c1-2-17-14(21)12-5-6-13(20-19-12)18-8-9-7-10(15)3-4-11(9)16/h3-7H,2,8H2,1H3,(H,17,21)(H,18,20). The number of anilines is 1. The molecule has 0 radical (unpaired) electrons. The summed E-state index contributed by atoms with van der Waals surface area (Å²) in [5.74, 6) is -0.0883. The van der Waals surface area contributed by atoms with Gasteiger partial charge in [0.05, 0.1) is 0 Å². The highest BCUT2D eigenvalue weighted by Crippen LogP contribution is 2.16. The van der Waals surface area contributed by atoms with Crippen LogP contribution in [0.5, 0.6) is 0 Å². The Morgan fingerprint density at radius 1 is 1.29 bits per heavy atom. The molecule has 5 nitrogen and oxygen atoms in total. The lowest BCUT2D eigenvalue weighted by Crippen LogP contribution is -2.24. The molecule has 1 aromatic carbocycles. The minimum absolute atomic E-state index is 0.246. The number of hydrogen-bond acceptors (Lipinski definition) is 4. The van der Waals surface area contributed by atoms with Crippen LogP contribution in [0.4, 0.5) is 10.2 Å². The van der Waals surface area contributed by atoms with Gasteiger partial charge in [0.25, 0.3) is 5.91 Å². The van der Waals surface area contributed by atoms with Crippen LogP contribution in [-0.2, 0) is 6.54 Å². The van der Waals surface area contributed by atoms with Gasteiger partial charge < -0.3 is 10.6 Å². The number of hydrogen-bond donors (Lipinski definition) is 2. The summed E-state index contributed by atoms with van der Waals surface area (Å²) < 4.78 is 14.4. The fourth-order valence-electron chi connectivity index (χ4n) is 1.66. The van der Waals surface area contributed by atoms with Crippen molar-refractivity contribution in [1.29, 1.82) is 0 Å². The van der Waals surface area contributed by atoms with Gasteiger partial charge >= 0.3 is 0 Å². The topological polar surface area (TPSA) is 66.9 Å². The summed E-state index contributed by atoms with van der Waals surface area (Å²) in [6, 6.07) is 7.93. The second-order valence-electron chi connectivity index (χ2n) is 4.25. The van der Waals surface area contributed by atoms with Crippen LogP contribution < -0.4 is 10.6 Å². The van der Waals surface area contributed by atoms with Crippen LogP contribution in [0, 0.1) is 5.82 Å². The van der Waals surface area contributed by atoms with Crippen molar-refractivity contribution in [3.05, 3.63) is 51.9 Å². The van der Waals surface area contributed by atoms with Crippen LogP contribution in [0.15, 0.2) is 34.8 Å². The molecule has 2 rings (SSSR count). The first kappa shape index (κ1) is 15.4. The third kappa shape index (κ3) is 4.22. The van der Waals surface area contributed by atoms with Gasteiger partial charge in [-0.25, -0.2) is 4.39 Å². The Morgan fingerprint density at radius 3 is 2.76 bits per heavy atom. The van der Waals surface area contributed by atoms with E-state index in [0.717, 1.165) is 4.47 Å². The normalized spacial score (nSPS) is 10.2. The Morgan fingerprint density at radius 2 is 2.10 bits per heavy atom. The predicted octanol–water partition coefficient (Wildman–Crippen LogP) is 2.74. The minimum Gasteiger partial charge on any atom is -0.364 e. The second kappa shape index (κ2) is 7.12. The number of nitrogens with one attached hydrogen (secondary N) is 2. The molecule has 0 atom stereocenters. The zero-order chi connectivity index (χ0) is 15.2. The van der Waals surface area contributed by atoms with E-state index in [2.05, 4.69) is 36.8 Å². The largest absolute Gasteiger partial charge is 0.364 e. The third-order valence-electron chi connectivity index (χ3n) is 2.70. The van der Waals surface area contributed by atoms with E-state index in [0.29, 0.717) is 17.9 Å². The molecule has 21 heavy (non-hydrogen) atoms. The van der Waals surface area contributed by atoms with E-state index in [1.54, 1.807) is 24.3 Å². The number of benzene rings is 1. The first-order valence-corrected chi connectivity index (χ1v) is 7.19. The Balaban J connectivity index is 2.00. The van der Waals surface area contributed by atoms with Gasteiger partial charge in [-0.2, -0.15) is 0 Å². The van der Waals surface area contributed by atoms with E-state index < -0.39 is 0 Å². The first-order chi connectivity index (χ1) is 10.1. The van der Waals surface area contributed by atoms with Crippen LogP contribution in [-0.4, -0.2) is 22.6 Å². The molecule has 110 valence electrons. The van der Waals surface area contributed by atoms with Crippen molar-refractivity contribution in [2.45, 2.75) is 13.5 Å². The van der Waals surface area contributed by atoms with Gasteiger partial charge in [-0.15, -0.1) is 10.2 Å². The number of carbonyl (C=O) groups excluding carboxylic acids is 1. The fourth-order valence-corrected chi connectivity index (χ4v) is 2.07. The highest BCUT2D eigenvalue weighted by Gasteiger charge is 2.07. The van der Waals surface area contributed by atoms with Crippen molar-refractivity contribution in [3.63, 3.8) is 0 Å². The van der Waals surface area contributed by atoms with Crippen molar-refractivity contribution >= 4 is 27.7 Å². The number of rotatable bonds is 5. The molecule has 7 heteroatoms. The maximum atomic E-state index is 13.6. The summed E-state index contributed by atoms with van der Waals surface area (Å²) in [4.78, 5) is 11.5. The summed E-state index contributed by atoms with van der Waals surface area (Å²) in [5, 5.41) is 13.3. The molecule has 0 bridgehead atoms. The molecule has 1 aromatic heterocycles. The highest BCUT2D eigenvalue weighted by molar-refractivity contribution is 9.10. The van der Waals surface area contributed by atoms with Crippen LogP contribution in [0.3, 0.4) is 0 Å². The van der Waals surface area contributed by atoms with E-state index in [1.165, 1.54) is 6.07 Å². The lowest BCUT2D eigenvalue weighted by molar-refractivity contribution is 0.0950. The summed E-state index contributed by atoms with van der Waals surface area (Å²) in [7, 11) is 0. The first-order valence-electron chi connectivity index (χ1n) is 6.40. The molecule has 0 aliphatic rings. The van der Waals surface area contributed by atoms with Gasteiger partial charge in [0.2, 0.25) is 0 Å². The zero-order valence-corrected chi connectivity index (χ0v) is 12.9. The van der Waals surface area contributed by atoms with E-state index in [9.17, 15) is 9.18 Å². The van der Waals surface area contributed by atoms with Gasteiger partial charge in [0.15, 0.2) is 5.69 Å². The molecule has 1 heterocycles.